The summed E-state index contributed by atoms with van der Waals surface area (Å²) in [5, 5.41) is 8.82. The van der Waals surface area contributed by atoms with Crippen molar-refractivity contribution in [3.63, 3.8) is 0 Å². The minimum absolute atomic E-state index is 0.0609. The van der Waals surface area contributed by atoms with Gasteiger partial charge in [-0.05, 0) is 17.5 Å². The van der Waals surface area contributed by atoms with E-state index in [1.165, 1.54) is 11.3 Å². The fraction of sp³-hybridized carbons (Fsp3) is 0.333. The lowest BCUT2D eigenvalue weighted by Crippen LogP contribution is -2.17. The van der Waals surface area contributed by atoms with Crippen molar-refractivity contribution in [3.8, 4) is 0 Å². The minimum Gasteiger partial charge on any atom is -0.368 e. The maximum Gasteiger partial charge on any atom is 0.433 e. The van der Waals surface area contributed by atoms with Crippen LogP contribution in [-0.4, -0.2) is 33.0 Å². The number of alkyl halides is 3. The maximum atomic E-state index is 12.6. The van der Waals surface area contributed by atoms with Crippen molar-refractivity contribution >= 4 is 33.3 Å². The van der Waals surface area contributed by atoms with Gasteiger partial charge in [0.25, 0.3) is 0 Å². The van der Waals surface area contributed by atoms with Crippen molar-refractivity contribution in [2.24, 2.45) is 0 Å². The van der Waals surface area contributed by atoms with Crippen molar-refractivity contribution in [2.75, 3.05) is 23.7 Å². The molecule has 2 N–H and O–H groups in total. The maximum absolute atomic E-state index is 12.6. The molecular formula is C15H15F3N6S. The zero-order valence-corrected chi connectivity index (χ0v) is 14.1. The minimum atomic E-state index is -4.49. The number of hydrogen-bond donors (Lipinski definition) is 2. The van der Waals surface area contributed by atoms with Gasteiger partial charge in [0.1, 0.15) is 22.2 Å². The summed E-state index contributed by atoms with van der Waals surface area (Å²) in [6, 6.07) is 2.77. The van der Waals surface area contributed by atoms with Crippen LogP contribution in [-0.2, 0) is 12.6 Å². The summed E-state index contributed by atoms with van der Waals surface area (Å²) in [5.74, 6) is 1.40. The molecule has 3 aromatic heterocycles. The zero-order valence-electron chi connectivity index (χ0n) is 13.3. The van der Waals surface area contributed by atoms with Crippen molar-refractivity contribution < 1.29 is 13.2 Å². The second-order valence-corrected chi connectivity index (χ2v) is 5.99. The van der Waals surface area contributed by atoms with E-state index < -0.39 is 11.9 Å². The van der Waals surface area contributed by atoms with Crippen LogP contribution in [0.4, 0.5) is 24.9 Å². The first-order chi connectivity index (χ1) is 12.0. The lowest BCUT2D eigenvalue weighted by atomic mass is 10.3. The van der Waals surface area contributed by atoms with E-state index in [4.69, 9.17) is 0 Å². The molecule has 0 bridgehead atoms. The third-order valence-electron chi connectivity index (χ3n) is 3.33. The van der Waals surface area contributed by atoms with E-state index in [9.17, 15) is 13.2 Å². The lowest BCUT2D eigenvalue weighted by Gasteiger charge is -2.10. The molecule has 0 spiro atoms. The van der Waals surface area contributed by atoms with Crippen LogP contribution in [0.25, 0.3) is 10.2 Å². The predicted octanol–water partition coefficient (Wildman–Crippen LogP) is 3.59. The number of nitrogens with one attached hydrogen (secondary N) is 2. The molecule has 3 rings (SSSR count). The number of fused-ring (bicyclic) bond motifs is 1. The van der Waals surface area contributed by atoms with E-state index >= 15 is 0 Å². The highest BCUT2D eigenvalue weighted by Gasteiger charge is 2.32. The second-order valence-electron chi connectivity index (χ2n) is 5.10. The molecule has 0 saturated heterocycles. The third kappa shape index (κ3) is 4.13. The standard InChI is InChI=1S/C15H15F3N6S/c1-2-11-23-12(9-4-8-25-13(9)24-11)19-6-7-21-14-20-5-3-10(22-14)15(16,17)18/h3-5,8H,2,6-7H2,1H3,(H,19,23,24)(H,20,21,22). The summed E-state index contributed by atoms with van der Waals surface area (Å²) < 4.78 is 37.9. The predicted molar refractivity (Wildman–Crippen MR) is 90.8 cm³/mol. The van der Waals surface area contributed by atoms with Gasteiger partial charge in [0.2, 0.25) is 5.95 Å². The van der Waals surface area contributed by atoms with Crippen LogP contribution in [0.15, 0.2) is 23.7 Å². The average molecular weight is 368 g/mol. The Hall–Kier alpha value is -2.49. The number of anilines is 2. The van der Waals surface area contributed by atoms with E-state index in [0.29, 0.717) is 13.1 Å². The number of nitrogens with zero attached hydrogens (tertiary/aromatic N) is 4. The smallest absolute Gasteiger partial charge is 0.368 e. The van der Waals surface area contributed by atoms with Gasteiger partial charge in [0.15, 0.2) is 0 Å². The molecule has 25 heavy (non-hydrogen) atoms. The zero-order chi connectivity index (χ0) is 17.9. The first-order valence-corrected chi connectivity index (χ1v) is 8.47. The van der Waals surface area contributed by atoms with Gasteiger partial charge >= 0.3 is 6.18 Å². The molecule has 0 saturated carbocycles. The van der Waals surface area contributed by atoms with Crippen molar-refractivity contribution in [1.29, 1.82) is 0 Å². The Balaban J connectivity index is 1.62. The van der Waals surface area contributed by atoms with E-state index in [0.717, 1.165) is 40.5 Å². The van der Waals surface area contributed by atoms with Gasteiger partial charge in [0, 0.05) is 25.7 Å². The number of halogens is 3. The Kier molecular flexibility index (Phi) is 4.98. The van der Waals surface area contributed by atoms with Crippen LogP contribution in [0.3, 0.4) is 0 Å². The molecular weight excluding hydrogens is 353 g/mol. The van der Waals surface area contributed by atoms with Gasteiger partial charge in [-0.25, -0.2) is 19.9 Å². The summed E-state index contributed by atoms with van der Waals surface area (Å²) in [4.78, 5) is 17.1. The van der Waals surface area contributed by atoms with Gasteiger partial charge < -0.3 is 10.6 Å². The molecule has 0 fully saturated rings. The molecule has 0 atom stereocenters. The van der Waals surface area contributed by atoms with E-state index in [2.05, 4.69) is 30.6 Å². The van der Waals surface area contributed by atoms with Crippen LogP contribution < -0.4 is 10.6 Å². The van der Waals surface area contributed by atoms with Crippen molar-refractivity contribution in [1.82, 2.24) is 19.9 Å². The highest BCUT2D eigenvalue weighted by atomic mass is 32.1. The lowest BCUT2D eigenvalue weighted by molar-refractivity contribution is -0.141. The molecule has 0 radical (unpaired) electrons. The Bertz CT molecular complexity index is 864. The van der Waals surface area contributed by atoms with Crippen molar-refractivity contribution in [2.45, 2.75) is 19.5 Å². The first kappa shape index (κ1) is 17.3. The highest BCUT2D eigenvalue weighted by molar-refractivity contribution is 7.16. The van der Waals surface area contributed by atoms with Gasteiger partial charge in [0.05, 0.1) is 5.39 Å². The number of hydrogen-bond acceptors (Lipinski definition) is 7. The van der Waals surface area contributed by atoms with Crippen LogP contribution >= 0.6 is 11.3 Å². The molecule has 0 aromatic carbocycles. The number of aromatic nitrogens is 4. The Morgan fingerprint density at radius 1 is 1.08 bits per heavy atom. The summed E-state index contributed by atoms with van der Waals surface area (Å²) in [6.07, 6.45) is -2.68. The molecule has 0 aliphatic carbocycles. The molecule has 132 valence electrons. The van der Waals surface area contributed by atoms with E-state index in [1.54, 1.807) is 0 Å². The third-order valence-corrected chi connectivity index (χ3v) is 4.14. The molecule has 3 heterocycles. The summed E-state index contributed by atoms with van der Waals surface area (Å²) in [5.41, 5.74) is -0.971. The van der Waals surface area contributed by atoms with Gasteiger partial charge in [-0.15, -0.1) is 11.3 Å². The fourth-order valence-electron chi connectivity index (χ4n) is 2.15. The molecule has 3 aromatic rings. The fourth-order valence-corrected chi connectivity index (χ4v) is 2.93. The van der Waals surface area contributed by atoms with Gasteiger partial charge in [-0.2, -0.15) is 13.2 Å². The molecule has 0 aliphatic heterocycles. The topological polar surface area (TPSA) is 75.6 Å². The Morgan fingerprint density at radius 2 is 1.88 bits per heavy atom. The van der Waals surface area contributed by atoms with Crippen LogP contribution in [0, 0.1) is 0 Å². The molecule has 6 nitrogen and oxygen atoms in total. The van der Waals surface area contributed by atoms with E-state index in [-0.39, 0.29) is 5.95 Å². The van der Waals surface area contributed by atoms with Gasteiger partial charge in [-0.3, -0.25) is 0 Å². The molecule has 0 unspecified atom stereocenters. The molecule has 0 amide bonds. The van der Waals surface area contributed by atoms with Crippen LogP contribution in [0.1, 0.15) is 18.4 Å². The van der Waals surface area contributed by atoms with E-state index in [1.807, 2.05) is 18.4 Å². The SMILES string of the molecule is CCc1nc(NCCNc2nccc(C(F)(F)F)n2)c2ccsc2n1. The normalized spacial score (nSPS) is 11.7. The number of thiophene rings is 1. The second kappa shape index (κ2) is 7.18. The Morgan fingerprint density at radius 3 is 2.64 bits per heavy atom. The molecule has 0 aliphatic rings. The van der Waals surface area contributed by atoms with Crippen LogP contribution in [0.2, 0.25) is 0 Å². The quantitative estimate of drug-likeness (QED) is 0.648. The molecule has 10 heteroatoms. The highest BCUT2D eigenvalue weighted by Crippen LogP contribution is 2.27. The van der Waals surface area contributed by atoms with Crippen LogP contribution in [0.5, 0.6) is 0 Å². The summed E-state index contributed by atoms with van der Waals surface area (Å²) in [7, 11) is 0. The number of aryl methyl sites for hydroxylation is 1. The van der Waals surface area contributed by atoms with Gasteiger partial charge in [-0.1, -0.05) is 6.92 Å². The first-order valence-electron chi connectivity index (χ1n) is 7.59. The Labute approximate surface area is 145 Å². The average Bonchev–Trinajstić information content (AvgIpc) is 3.06. The largest absolute Gasteiger partial charge is 0.433 e. The summed E-state index contributed by atoms with van der Waals surface area (Å²) >= 11 is 1.54. The summed E-state index contributed by atoms with van der Waals surface area (Å²) in [6.45, 7) is 2.77. The number of rotatable bonds is 6. The van der Waals surface area contributed by atoms with Crippen molar-refractivity contribution in [3.05, 3.63) is 35.2 Å². The monoisotopic (exact) mass is 368 g/mol.